The summed E-state index contributed by atoms with van der Waals surface area (Å²) >= 11 is 1.33. The van der Waals surface area contributed by atoms with Gasteiger partial charge in [0.25, 0.3) is 5.91 Å². The van der Waals surface area contributed by atoms with Crippen molar-refractivity contribution in [3.63, 3.8) is 0 Å². The minimum absolute atomic E-state index is 0.0757. The summed E-state index contributed by atoms with van der Waals surface area (Å²) in [7, 11) is 0. The fraction of sp³-hybridized carbons (Fsp3) is 0.333. The number of nitrogens with one attached hydrogen (secondary N) is 3. The van der Waals surface area contributed by atoms with Gasteiger partial charge >= 0.3 is 0 Å². The summed E-state index contributed by atoms with van der Waals surface area (Å²) < 4.78 is 0. The number of thiophene rings is 1. The lowest BCUT2D eigenvalue weighted by atomic mass is 9.87. The number of nitrogens with zero attached hydrogens (tertiary/aromatic N) is 1. The van der Waals surface area contributed by atoms with Crippen LogP contribution in [-0.4, -0.2) is 11.6 Å². The van der Waals surface area contributed by atoms with E-state index in [1.807, 2.05) is 30.3 Å². The number of para-hydroxylation sites is 1. The molecule has 0 unspecified atom stereocenters. The monoisotopic (exact) mass is 338 g/mol. The predicted molar refractivity (Wildman–Crippen MR) is 95.7 cm³/mol. The van der Waals surface area contributed by atoms with Crippen LogP contribution in [0.4, 0.5) is 16.4 Å². The largest absolute Gasteiger partial charge is 0.360 e. The number of carbonyl (C=O) groups is 1. The number of fused-ring (bicyclic) bond motifs is 1. The number of rotatable bonds is 2. The van der Waals surface area contributed by atoms with E-state index in [0.29, 0.717) is 21.1 Å². The van der Waals surface area contributed by atoms with Gasteiger partial charge in [0.2, 0.25) is 0 Å². The lowest BCUT2D eigenvalue weighted by molar-refractivity contribution is 0.0881. The van der Waals surface area contributed by atoms with Crippen LogP contribution < -0.4 is 16.0 Å². The molecular formula is C18H18N4OS. The smallest absolute Gasteiger partial charge is 0.265 e. The number of nitriles is 1. The van der Waals surface area contributed by atoms with Gasteiger partial charge in [-0.25, -0.2) is 0 Å². The van der Waals surface area contributed by atoms with E-state index in [1.54, 1.807) is 0 Å². The highest BCUT2D eigenvalue weighted by atomic mass is 32.1. The molecule has 2 aliphatic rings. The molecule has 4 rings (SSSR count). The van der Waals surface area contributed by atoms with Crippen molar-refractivity contribution in [2.75, 3.05) is 10.6 Å². The van der Waals surface area contributed by atoms with Crippen molar-refractivity contribution in [1.29, 1.82) is 5.26 Å². The molecule has 2 aromatic rings. The van der Waals surface area contributed by atoms with E-state index in [9.17, 15) is 10.1 Å². The molecule has 1 aromatic heterocycles. The van der Waals surface area contributed by atoms with E-state index in [2.05, 4.69) is 22.0 Å². The van der Waals surface area contributed by atoms with E-state index in [4.69, 9.17) is 0 Å². The van der Waals surface area contributed by atoms with E-state index in [1.165, 1.54) is 17.8 Å². The molecule has 1 aliphatic heterocycles. The number of anilines is 3. The van der Waals surface area contributed by atoms with Gasteiger partial charge in [-0.2, -0.15) is 5.26 Å². The third-order valence-corrected chi connectivity index (χ3v) is 5.79. The van der Waals surface area contributed by atoms with E-state index >= 15 is 0 Å². The zero-order valence-electron chi connectivity index (χ0n) is 13.2. The van der Waals surface area contributed by atoms with Crippen molar-refractivity contribution in [3.05, 3.63) is 40.8 Å². The first-order valence-electron chi connectivity index (χ1n) is 8.20. The minimum Gasteiger partial charge on any atom is -0.360 e. The zero-order chi connectivity index (χ0) is 16.6. The minimum atomic E-state index is -0.390. The number of benzene rings is 1. The third-order valence-electron chi connectivity index (χ3n) is 4.68. The fourth-order valence-corrected chi connectivity index (χ4v) is 4.53. The molecule has 24 heavy (non-hydrogen) atoms. The summed E-state index contributed by atoms with van der Waals surface area (Å²) in [5.41, 5.74) is 1.73. The van der Waals surface area contributed by atoms with Gasteiger partial charge in [-0.05, 0) is 37.8 Å². The van der Waals surface area contributed by atoms with Gasteiger partial charge in [0, 0.05) is 5.69 Å². The van der Waals surface area contributed by atoms with E-state index in [-0.39, 0.29) is 11.6 Å². The highest BCUT2D eigenvalue weighted by molar-refractivity contribution is 7.19. The average Bonchev–Trinajstić information content (AvgIpc) is 2.94. The Bertz CT molecular complexity index is 816. The molecule has 0 radical (unpaired) electrons. The van der Waals surface area contributed by atoms with Crippen molar-refractivity contribution >= 4 is 33.6 Å². The van der Waals surface area contributed by atoms with Crippen LogP contribution in [0.3, 0.4) is 0 Å². The van der Waals surface area contributed by atoms with Crippen LogP contribution in [0.25, 0.3) is 0 Å². The highest BCUT2D eigenvalue weighted by Crippen LogP contribution is 2.44. The average molecular weight is 338 g/mol. The van der Waals surface area contributed by atoms with Crippen LogP contribution >= 0.6 is 11.3 Å². The molecular weight excluding hydrogens is 320 g/mol. The molecule has 2 heterocycles. The maximum Gasteiger partial charge on any atom is 0.265 e. The molecule has 0 bridgehead atoms. The fourth-order valence-electron chi connectivity index (χ4n) is 3.51. The Morgan fingerprint density at radius 1 is 1.12 bits per heavy atom. The van der Waals surface area contributed by atoms with Crippen molar-refractivity contribution < 1.29 is 4.79 Å². The summed E-state index contributed by atoms with van der Waals surface area (Å²) in [5, 5.41) is 20.3. The molecule has 5 nitrogen and oxygen atoms in total. The molecule has 3 N–H and O–H groups in total. The SMILES string of the molecule is N#Cc1c(Nc2ccccc2)sc2c1NC1(CCCCC1)NC2=O. The van der Waals surface area contributed by atoms with Crippen LogP contribution in [0.15, 0.2) is 30.3 Å². The summed E-state index contributed by atoms with van der Waals surface area (Å²) in [5.74, 6) is -0.0757. The van der Waals surface area contributed by atoms with Gasteiger partial charge in [-0.3, -0.25) is 4.79 Å². The van der Waals surface area contributed by atoms with Gasteiger partial charge in [0.05, 0.1) is 5.69 Å². The Balaban J connectivity index is 1.72. The third kappa shape index (κ3) is 2.51. The number of hydrogen-bond acceptors (Lipinski definition) is 5. The Hall–Kier alpha value is -2.52. The van der Waals surface area contributed by atoms with Crippen LogP contribution in [0.2, 0.25) is 0 Å². The van der Waals surface area contributed by atoms with Crippen molar-refractivity contribution in [2.24, 2.45) is 0 Å². The first kappa shape index (κ1) is 15.0. The topological polar surface area (TPSA) is 77.0 Å². The molecule has 1 aliphatic carbocycles. The molecule has 1 fully saturated rings. The first-order chi connectivity index (χ1) is 11.7. The van der Waals surface area contributed by atoms with Crippen LogP contribution in [-0.2, 0) is 0 Å². The zero-order valence-corrected chi connectivity index (χ0v) is 14.0. The van der Waals surface area contributed by atoms with E-state index in [0.717, 1.165) is 31.4 Å². The number of hydrogen-bond donors (Lipinski definition) is 3. The second kappa shape index (κ2) is 5.84. The molecule has 0 saturated heterocycles. The maximum atomic E-state index is 12.6. The summed E-state index contributed by atoms with van der Waals surface area (Å²) in [6, 6.07) is 12.0. The summed E-state index contributed by atoms with van der Waals surface area (Å²) in [6.07, 6.45) is 5.18. The number of carbonyl (C=O) groups excluding carboxylic acids is 1. The van der Waals surface area contributed by atoms with Crippen LogP contribution in [0.5, 0.6) is 0 Å². The quantitative estimate of drug-likeness (QED) is 0.768. The van der Waals surface area contributed by atoms with E-state index < -0.39 is 0 Å². The highest BCUT2D eigenvalue weighted by Gasteiger charge is 2.41. The van der Waals surface area contributed by atoms with Crippen molar-refractivity contribution in [1.82, 2.24) is 5.32 Å². The Kier molecular flexibility index (Phi) is 3.66. The van der Waals surface area contributed by atoms with Gasteiger partial charge in [0.1, 0.15) is 27.2 Å². The summed E-state index contributed by atoms with van der Waals surface area (Å²) in [6.45, 7) is 0. The van der Waals surface area contributed by atoms with Gasteiger partial charge in [-0.15, -0.1) is 11.3 Å². The van der Waals surface area contributed by atoms with Crippen LogP contribution in [0, 0.1) is 11.3 Å². The van der Waals surface area contributed by atoms with Crippen molar-refractivity contribution in [3.8, 4) is 6.07 Å². The Labute approximate surface area is 144 Å². The molecule has 1 amide bonds. The van der Waals surface area contributed by atoms with Crippen molar-refractivity contribution in [2.45, 2.75) is 37.8 Å². The second-order valence-corrected chi connectivity index (χ2v) is 7.36. The summed E-state index contributed by atoms with van der Waals surface area (Å²) in [4.78, 5) is 13.2. The van der Waals surface area contributed by atoms with Crippen LogP contribution in [0.1, 0.15) is 47.3 Å². The van der Waals surface area contributed by atoms with Gasteiger partial charge < -0.3 is 16.0 Å². The predicted octanol–water partition coefficient (Wildman–Crippen LogP) is 4.18. The standard InChI is InChI=1S/C18H18N4OS/c19-11-13-14-15(24-17(13)20-12-7-3-1-4-8-12)16(23)22-18(21-14)9-5-2-6-10-18/h1,3-4,7-8,20-21H,2,5-6,9-10H2,(H,22,23). The maximum absolute atomic E-state index is 12.6. The Morgan fingerprint density at radius 3 is 2.58 bits per heavy atom. The molecule has 0 atom stereocenters. The molecule has 6 heteroatoms. The Morgan fingerprint density at radius 2 is 1.88 bits per heavy atom. The second-order valence-electron chi connectivity index (χ2n) is 6.34. The molecule has 122 valence electrons. The number of amides is 1. The normalized spacial score (nSPS) is 18.2. The van der Waals surface area contributed by atoms with Gasteiger partial charge in [0.15, 0.2) is 0 Å². The first-order valence-corrected chi connectivity index (χ1v) is 9.02. The molecule has 1 saturated carbocycles. The van der Waals surface area contributed by atoms with Gasteiger partial charge in [-0.1, -0.05) is 24.6 Å². The lowest BCUT2D eigenvalue weighted by Gasteiger charge is -2.42. The molecule has 1 spiro atoms. The lowest BCUT2D eigenvalue weighted by Crippen LogP contribution is -2.58. The molecule has 1 aromatic carbocycles.